The minimum atomic E-state index is -1.24. The van der Waals surface area contributed by atoms with E-state index in [9.17, 15) is 4.79 Å². The van der Waals surface area contributed by atoms with Crippen LogP contribution in [0.25, 0.3) is 5.65 Å². The lowest BCUT2D eigenvalue weighted by molar-refractivity contribution is 0.0587. The number of benzene rings is 1. The summed E-state index contributed by atoms with van der Waals surface area (Å²) in [6, 6.07) is 6.73. The maximum atomic E-state index is 15.3. The molecule has 1 aromatic carbocycles. The van der Waals surface area contributed by atoms with Crippen molar-refractivity contribution in [1.29, 1.82) is 0 Å². The predicted molar refractivity (Wildman–Crippen MR) is 142 cm³/mol. The van der Waals surface area contributed by atoms with Crippen LogP contribution in [0.3, 0.4) is 0 Å². The van der Waals surface area contributed by atoms with Crippen molar-refractivity contribution >= 4 is 42.9 Å². The molecule has 5 rings (SSSR count). The Hall–Kier alpha value is -3.10. The number of halogens is 1. The van der Waals surface area contributed by atoms with Crippen LogP contribution < -0.4 is 24.7 Å². The summed E-state index contributed by atoms with van der Waals surface area (Å²) in [4.78, 5) is 18.5. The van der Waals surface area contributed by atoms with Gasteiger partial charge < -0.3 is 19.1 Å². The van der Waals surface area contributed by atoms with Gasteiger partial charge in [-0.25, -0.2) is 9.37 Å². The lowest BCUT2D eigenvalue weighted by Crippen LogP contribution is -2.65. The number of anilines is 1. The number of hydrogen-bond acceptors (Lipinski definition) is 7. The summed E-state index contributed by atoms with van der Waals surface area (Å²) in [5.41, 5.74) is 1.98. The van der Waals surface area contributed by atoms with E-state index in [2.05, 4.69) is 10.1 Å². The third kappa shape index (κ3) is 4.04. The van der Waals surface area contributed by atoms with Crippen LogP contribution in [0, 0.1) is 13.8 Å². The fraction of sp³-hybridized carbons (Fsp3) is 0.409. The molecule has 13 heteroatoms. The Labute approximate surface area is 206 Å². The average molecular weight is 474 g/mol. The summed E-state index contributed by atoms with van der Waals surface area (Å²) in [5, 5.41) is 3.48. The van der Waals surface area contributed by atoms with Crippen LogP contribution in [0.5, 0.6) is 17.2 Å². The minimum absolute atomic E-state index is 0.115. The first kappa shape index (κ1) is 23.6. The van der Waals surface area contributed by atoms with Crippen LogP contribution >= 0.6 is 0 Å². The molecule has 2 atom stereocenters. The molecule has 178 valence electrons. The van der Waals surface area contributed by atoms with E-state index in [4.69, 9.17) is 14.2 Å². The highest BCUT2D eigenvalue weighted by atomic mass is 19.1. The highest BCUT2D eigenvalue weighted by Crippen LogP contribution is 2.41. The van der Waals surface area contributed by atoms with E-state index in [-0.39, 0.29) is 12.1 Å². The molecular formula is C22H27B4FN4O4. The molecule has 0 radical (unpaired) electrons. The van der Waals surface area contributed by atoms with Crippen LogP contribution in [0.1, 0.15) is 17.5 Å². The smallest absolute Gasteiger partial charge is 0.274 e. The first-order valence-corrected chi connectivity index (χ1v) is 11.9. The zero-order valence-corrected chi connectivity index (χ0v) is 21.0. The normalized spacial score (nSPS) is 22.7. The van der Waals surface area contributed by atoms with Gasteiger partial charge in [0.2, 0.25) is 0 Å². The van der Waals surface area contributed by atoms with Crippen LogP contribution in [-0.2, 0) is 0 Å². The Bertz CT molecular complexity index is 1370. The number of piperidine rings is 1. The van der Waals surface area contributed by atoms with Crippen molar-refractivity contribution in [2.24, 2.45) is 0 Å². The number of nitrogens with zero attached hydrogens (tertiary/aromatic N) is 4. The highest BCUT2D eigenvalue weighted by molar-refractivity contribution is 6.53. The standard InChI is InChI=1S/C22H27B4FN4O4/c1-11-12(2)20(29-31-18(32)5-7-28-19(11)31)30-8-6-15(14(27)10-30)33-13-3-4-16-17(9-13)35-22(25,26)21(23,24)34-16/h3-5,7,9,14-15H,6,8,10,23-26H2,1-2H3/t14-,15+/m1/s1. The second-order valence-electron chi connectivity index (χ2n) is 10.3. The SMILES string of the molecule is BC1(B)Oc2ccc(O[C@H]3CCN(c4nn5c(=O)ccnc5c(C)c4C)C[C@H]3F)cc2OC1(B)B. The molecule has 8 nitrogen and oxygen atoms in total. The third-order valence-corrected chi connectivity index (χ3v) is 7.42. The summed E-state index contributed by atoms with van der Waals surface area (Å²) in [5.74, 6) is 2.37. The Morgan fingerprint density at radius 1 is 1.09 bits per heavy atom. The van der Waals surface area contributed by atoms with Crippen molar-refractivity contribution in [1.82, 2.24) is 14.6 Å². The van der Waals surface area contributed by atoms with Crippen molar-refractivity contribution < 1.29 is 18.6 Å². The second-order valence-corrected chi connectivity index (χ2v) is 10.3. The Morgan fingerprint density at radius 2 is 1.80 bits per heavy atom. The molecular weight excluding hydrogens is 447 g/mol. The molecule has 2 aliphatic rings. The van der Waals surface area contributed by atoms with E-state index >= 15 is 4.39 Å². The zero-order valence-electron chi connectivity index (χ0n) is 21.0. The molecule has 0 aliphatic carbocycles. The quantitative estimate of drug-likeness (QED) is 0.420. The van der Waals surface area contributed by atoms with E-state index in [0.29, 0.717) is 41.7 Å². The summed E-state index contributed by atoms with van der Waals surface area (Å²) in [6.45, 7) is 4.48. The van der Waals surface area contributed by atoms with Crippen molar-refractivity contribution in [3.63, 3.8) is 0 Å². The van der Waals surface area contributed by atoms with E-state index in [0.717, 1.165) is 11.1 Å². The van der Waals surface area contributed by atoms with Gasteiger partial charge in [-0.05, 0) is 26.0 Å². The monoisotopic (exact) mass is 474 g/mol. The Kier molecular flexibility index (Phi) is 5.56. The van der Waals surface area contributed by atoms with Gasteiger partial charge in [-0.1, -0.05) is 0 Å². The molecule has 0 saturated carbocycles. The third-order valence-electron chi connectivity index (χ3n) is 7.42. The van der Waals surface area contributed by atoms with Gasteiger partial charge in [0.1, 0.15) is 43.2 Å². The maximum absolute atomic E-state index is 15.3. The van der Waals surface area contributed by atoms with E-state index < -0.39 is 23.1 Å². The number of ether oxygens (including phenoxy) is 3. The molecule has 2 aromatic heterocycles. The summed E-state index contributed by atoms with van der Waals surface area (Å²) in [6.07, 6.45) is 0.0968. The lowest BCUT2D eigenvalue weighted by Gasteiger charge is -2.47. The number of alkyl halides is 1. The second kappa shape index (κ2) is 8.24. The first-order chi connectivity index (χ1) is 16.5. The summed E-state index contributed by atoms with van der Waals surface area (Å²) < 4.78 is 35.0. The van der Waals surface area contributed by atoms with Gasteiger partial charge in [-0.3, -0.25) is 4.79 Å². The summed E-state index contributed by atoms with van der Waals surface area (Å²) >= 11 is 0. The van der Waals surface area contributed by atoms with Crippen LogP contribution in [0.4, 0.5) is 10.2 Å². The first-order valence-electron chi connectivity index (χ1n) is 11.9. The van der Waals surface area contributed by atoms with Gasteiger partial charge in [0.25, 0.3) is 5.56 Å². The van der Waals surface area contributed by atoms with Gasteiger partial charge in [0.15, 0.2) is 29.1 Å². The van der Waals surface area contributed by atoms with Crippen molar-refractivity contribution in [2.75, 3.05) is 18.0 Å². The number of aryl methyl sites for hydroxylation is 1. The van der Waals surface area contributed by atoms with Gasteiger partial charge in [0, 0.05) is 42.4 Å². The van der Waals surface area contributed by atoms with E-state index in [1.54, 1.807) is 18.2 Å². The molecule has 3 aromatic rings. The molecule has 0 N–H and O–H groups in total. The number of hydrogen-bond donors (Lipinski definition) is 0. The molecule has 0 spiro atoms. The van der Waals surface area contributed by atoms with Gasteiger partial charge in [-0.15, -0.1) is 5.10 Å². The van der Waals surface area contributed by atoms with Crippen LogP contribution in [0.15, 0.2) is 35.3 Å². The molecule has 0 amide bonds. The van der Waals surface area contributed by atoms with Gasteiger partial charge in [-0.2, -0.15) is 4.52 Å². The average Bonchev–Trinajstić information content (AvgIpc) is 2.78. The highest BCUT2D eigenvalue weighted by Gasteiger charge is 2.44. The molecule has 2 aliphatic heterocycles. The Morgan fingerprint density at radius 3 is 2.51 bits per heavy atom. The molecule has 1 saturated heterocycles. The molecule has 0 bridgehead atoms. The molecule has 35 heavy (non-hydrogen) atoms. The van der Waals surface area contributed by atoms with Crippen LogP contribution in [-0.4, -0.2) is 82.1 Å². The minimum Gasteiger partial charge on any atom is -0.499 e. The molecule has 0 unspecified atom stereocenters. The molecule has 1 fully saturated rings. The largest absolute Gasteiger partial charge is 0.499 e. The van der Waals surface area contributed by atoms with Crippen molar-refractivity contribution in [3.8, 4) is 17.2 Å². The fourth-order valence-corrected chi connectivity index (χ4v) is 4.46. The maximum Gasteiger partial charge on any atom is 0.274 e. The Balaban J connectivity index is 1.33. The summed E-state index contributed by atoms with van der Waals surface area (Å²) in [7, 11) is 7.93. The van der Waals surface area contributed by atoms with Crippen molar-refractivity contribution in [2.45, 2.75) is 43.3 Å². The van der Waals surface area contributed by atoms with Gasteiger partial charge in [0.05, 0.1) is 17.3 Å². The van der Waals surface area contributed by atoms with Crippen LogP contribution in [0.2, 0.25) is 0 Å². The number of aromatic nitrogens is 3. The van der Waals surface area contributed by atoms with E-state index in [1.807, 2.05) is 50.1 Å². The number of fused-ring (bicyclic) bond motifs is 2. The van der Waals surface area contributed by atoms with E-state index in [1.165, 1.54) is 16.8 Å². The fourth-order valence-electron chi connectivity index (χ4n) is 4.46. The zero-order chi connectivity index (χ0) is 25.1. The van der Waals surface area contributed by atoms with Gasteiger partial charge >= 0.3 is 0 Å². The topological polar surface area (TPSA) is 78.2 Å². The lowest BCUT2D eigenvalue weighted by atomic mass is 9.41. The number of rotatable bonds is 3. The van der Waals surface area contributed by atoms with Crippen molar-refractivity contribution in [3.05, 3.63) is 51.9 Å². The predicted octanol–water partition coefficient (Wildman–Crippen LogP) is -1.69. The molecule has 4 heterocycles.